The molecule has 32 heavy (non-hydrogen) atoms. The molecule has 1 aliphatic rings. The number of fused-ring (bicyclic) bond motifs is 1. The van der Waals surface area contributed by atoms with Crippen LogP contribution in [0.25, 0.3) is 16.5 Å². The maximum atomic E-state index is 14.0. The van der Waals surface area contributed by atoms with Gasteiger partial charge in [0.1, 0.15) is 0 Å². The zero-order chi connectivity index (χ0) is 22.1. The van der Waals surface area contributed by atoms with Crippen LogP contribution in [0.4, 0.5) is 0 Å². The number of rotatable bonds is 5. The molecule has 4 aromatic rings. The molecule has 0 unspecified atom stereocenters. The van der Waals surface area contributed by atoms with Gasteiger partial charge in [0.25, 0.3) is 0 Å². The third-order valence-electron chi connectivity index (χ3n) is 5.90. The summed E-state index contributed by atoms with van der Waals surface area (Å²) in [7, 11) is -3.75. The number of para-hydroxylation sites is 1. The first-order chi connectivity index (χ1) is 15.6. The van der Waals surface area contributed by atoms with Crippen molar-refractivity contribution in [2.24, 2.45) is 0 Å². The van der Waals surface area contributed by atoms with E-state index in [9.17, 15) is 8.42 Å². The van der Waals surface area contributed by atoms with Crippen LogP contribution < -0.4 is 8.92 Å². The molecule has 0 atom stereocenters. The fourth-order valence-corrected chi connectivity index (χ4v) is 8.35. The Labute approximate surface area is 196 Å². The van der Waals surface area contributed by atoms with Gasteiger partial charge in [0, 0.05) is 0 Å². The second-order valence-corrected chi connectivity index (χ2v) is 12.2. The summed E-state index contributed by atoms with van der Waals surface area (Å²) in [6.07, 6.45) is 6.42. The Bertz CT molecular complexity index is 1400. The molecule has 5 rings (SSSR count). The van der Waals surface area contributed by atoms with Gasteiger partial charge in [-0.2, -0.15) is 0 Å². The van der Waals surface area contributed by atoms with Crippen molar-refractivity contribution >= 4 is 50.4 Å². The predicted octanol–water partition coefficient (Wildman–Crippen LogP) is 4.80. The van der Waals surface area contributed by atoms with E-state index in [2.05, 4.69) is 36.4 Å². The number of allylic oxidation sites excluding steroid dienone is 2. The first-order valence-corrected chi connectivity index (χ1v) is 14.1. The first-order valence-electron chi connectivity index (χ1n) is 10.9. The van der Waals surface area contributed by atoms with Crippen LogP contribution in [0.5, 0.6) is 0 Å². The standard InChI is InChI=1S/C27H25NO2SSe/c1-20-16-18-22(19-17-20)31(29,30)28-25-15-9-8-14-24(25)27(32-23-12-6-3-7-13-23)26(28)21-10-4-2-5-11-21/h3,6-10,12-19H,2,4-5,11H2,1H3. The SMILES string of the molecule is Cc1ccc(S(=O)(=O)n2c(C3=CCCCC3)c([Se]c3ccccc3)c3ccccc32)cc1. The van der Waals surface area contributed by atoms with E-state index in [4.69, 9.17) is 0 Å². The van der Waals surface area contributed by atoms with E-state index in [0.29, 0.717) is 4.90 Å². The first kappa shape index (κ1) is 21.3. The van der Waals surface area contributed by atoms with E-state index < -0.39 is 10.0 Å². The summed E-state index contributed by atoms with van der Waals surface area (Å²) in [5.74, 6) is 0. The van der Waals surface area contributed by atoms with Crippen LogP contribution >= 0.6 is 0 Å². The molecule has 3 nitrogen and oxygen atoms in total. The van der Waals surface area contributed by atoms with Crippen molar-refractivity contribution in [3.8, 4) is 0 Å². The Hall–Kier alpha value is -2.59. The van der Waals surface area contributed by atoms with Gasteiger partial charge in [-0.05, 0) is 0 Å². The van der Waals surface area contributed by atoms with Crippen LogP contribution in [-0.2, 0) is 10.0 Å². The van der Waals surface area contributed by atoms with Crippen molar-refractivity contribution in [2.75, 3.05) is 0 Å². The van der Waals surface area contributed by atoms with Crippen molar-refractivity contribution in [3.63, 3.8) is 0 Å². The van der Waals surface area contributed by atoms with Gasteiger partial charge in [0.15, 0.2) is 0 Å². The summed E-state index contributed by atoms with van der Waals surface area (Å²) in [6, 6.07) is 25.5. The Morgan fingerprint density at radius 3 is 2.28 bits per heavy atom. The molecular formula is C27H25NO2SSe. The van der Waals surface area contributed by atoms with Crippen molar-refractivity contribution in [1.29, 1.82) is 0 Å². The van der Waals surface area contributed by atoms with Crippen molar-refractivity contribution in [1.82, 2.24) is 3.97 Å². The van der Waals surface area contributed by atoms with Crippen LogP contribution in [0, 0.1) is 6.92 Å². The van der Waals surface area contributed by atoms with Gasteiger partial charge in [-0.25, -0.2) is 0 Å². The molecule has 0 saturated carbocycles. The molecule has 0 fully saturated rings. The van der Waals surface area contributed by atoms with Gasteiger partial charge < -0.3 is 0 Å². The van der Waals surface area contributed by atoms with Gasteiger partial charge in [-0.3, -0.25) is 0 Å². The molecule has 1 aromatic heterocycles. The summed E-state index contributed by atoms with van der Waals surface area (Å²) < 4.78 is 32.1. The number of benzene rings is 3. The number of hydrogen-bond donors (Lipinski definition) is 0. The van der Waals surface area contributed by atoms with Crippen LogP contribution in [0.3, 0.4) is 0 Å². The Morgan fingerprint density at radius 2 is 1.56 bits per heavy atom. The monoisotopic (exact) mass is 507 g/mol. The van der Waals surface area contributed by atoms with E-state index in [1.165, 1.54) is 4.46 Å². The number of aryl methyl sites for hydroxylation is 1. The van der Waals surface area contributed by atoms with Crippen molar-refractivity contribution < 1.29 is 8.42 Å². The second kappa shape index (κ2) is 8.74. The molecule has 0 N–H and O–H groups in total. The van der Waals surface area contributed by atoms with Gasteiger partial charge in [0.05, 0.1) is 0 Å². The average molecular weight is 507 g/mol. The molecule has 0 aliphatic heterocycles. The molecule has 3 aromatic carbocycles. The molecule has 0 spiro atoms. The topological polar surface area (TPSA) is 39.1 Å². The van der Waals surface area contributed by atoms with Crippen LogP contribution in [0.1, 0.15) is 36.9 Å². The van der Waals surface area contributed by atoms with Gasteiger partial charge in [0.2, 0.25) is 0 Å². The molecule has 1 heterocycles. The zero-order valence-electron chi connectivity index (χ0n) is 18.0. The Morgan fingerprint density at radius 1 is 0.844 bits per heavy atom. The fourth-order valence-electron chi connectivity index (χ4n) is 4.29. The van der Waals surface area contributed by atoms with E-state index in [0.717, 1.165) is 57.9 Å². The number of aromatic nitrogens is 1. The maximum absolute atomic E-state index is 14.0. The molecule has 162 valence electrons. The van der Waals surface area contributed by atoms with Crippen molar-refractivity contribution in [3.05, 3.63) is 96.2 Å². The van der Waals surface area contributed by atoms with Gasteiger partial charge >= 0.3 is 196 Å². The van der Waals surface area contributed by atoms with Crippen molar-refractivity contribution in [2.45, 2.75) is 37.5 Å². The van der Waals surface area contributed by atoms with E-state index in [1.54, 1.807) is 16.1 Å². The number of nitrogens with zero attached hydrogens (tertiary/aromatic N) is 1. The summed E-state index contributed by atoms with van der Waals surface area (Å²) in [5, 5.41) is 1.04. The van der Waals surface area contributed by atoms with Gasteiger partial charge in [-0.15, -0.1) is 0 Å². The number of hydrogen-bond acceptors (Lipinski definition) is 2. The van der Waals surface area contributed by atoms with Crippen LogP contribution in [-0.4, -0.2) is 27.3 Å². The molecule has 0 amide bonds. The minimum absolute atomic E-state index is 0.0114. The molecule has 1 aliphatic carbocycles. The fraction of sp³-hybridized carbons (Fsp3) is 0.185. The average Bonchev–Trinajstić information content (AvgIpc) is 3.15. The molecular weight excluding hydrogens is 481 g/mol. The second-order valence-electron chi connectivity index (χ2n) is 8.17. The van der Waals surface area contributed by atoms with Gasteiger partial charge in [-0.1, -0.05) is 0 Å². The molecule has 0 saturated heterocycles. The molecule has 0 radical (unpaired) electrons. The Kier molecular flexibility index (Phi) is 5.81. The molecule has 0 bridgehead atoms. The van der Waals surface area contributed by atoms with E-state index in [1.807, 2.05) is 43.3 Å². The quantitative estimate of drug-likeness (QED) is 0.365. The van der Waals surface area contributed by atoms with E-state index >= 15 is 0 Å². The summed E-state index contributed by atoms with van der Waals surface area (Å²) in [5.41, 5.74) is 3.86. The van der Waals surface area contributed by atoms with Crippen LogP contribution in [0.2, 0.25) is 0 Å². The summed E-state index contributed by atoms with van der Waals surface area (Å²) in [4.78, 5) is 0.334. The summed E-state index contributed by atoms with van der Waals surface area (Å²) in [6.45, 7) is 1.97. The zero-order valence-corrected chi connectivity index (χ0v) is 20.5. The third kappa shape index (κ3) is 3.86. The van der Waals surface area contributed by atoms with E-state index in [-0.39, 0.29) is 15.0 Å². The summed E-state index contributed by atoms with van der Waals surface area (Å²) >= 11 is -0.0114. The minimum atomic E-state index is -3.75. The Balaban J connectivity index is 1.82. The normalized spacial score (nSPS) is 14.5. The predicted molar refractivity (Wildman–Crippen MR) is 134 cm³/mol. The third-order valence-corrected chi connectivity index (χ3v) is 9.99. The molecule has 5 heteroatoms. The van der Waals surface area contributed by atoms with Crippen LogP contribution in [0.15, 0.2) is 89.8 Å².